The Morgan fingerprint density at radius 1 is 1.42 bits per heavy atom. The van der Waals surface area contributed by atoms with E-state index in [4.69, 9.17) is 9.73 Å². The number of thiazole rings is 1. The van der Waals surface area contributed by atoms with Crippen LogP contribution in [0.2, 0.25) is 0 Å². The van der Waals surface area contributed by atoms with Gasteiger partial charge in [-0.3, -0.25) is 4.99 Å². The monoisotopic (exact) mass is 383 g/mol. The van der Waals surface area contributed by atoms with Crippen LogP contribution in [0.25, 0.3) is 0 Å². The third kappa shape index (κ3) is 8.51. The molecular formula is C18H33N5O2S. The van der Waals surface area contributed by atoms with Crippen LogP contribution in [-0.4, -0.2) is 54.7 Å². The van der Waals surface area contributed by atoms with Gasteiger partial charge in [-0.1, -0.05) is 13.8 Å². The predicted octanol–water partition coefficient (Wildman–Crippen LogP) is 3.01. The summed E-state index contributed by atoms with van der Waals surface area (Å²) >= 11 is 1.65. The summed E-state index contributed by atoms with van der Waals surface area (Å²) in [6, 6.07) is -0.0578. The van der Waals surface area contributed by atoms with E-state index in [1.165, 1.54) is 0 Å². The van der Waals surface area contributed by atoms with Gasteiger partial charge in [-0.2, -0.15) is 0 Å². The number of rotatable bonds is 9. The highest BCUT2D eigenvalue weighted by Gasteiger charge is 2.16. The standard InChI is InChI=1S/C18H33N5O2S/c1-7-19-17(23(6)11-16-12-26-14(5)21-16)20-10-15(9-13(3)4)22-18(24)25-8-2/h12-13,15H,7-11H2,1-6H3,(H,19,20)(H,22,24). The van der Waals surface area contributed by atoms with Crippen LogP contribution in [0.1, 0.15) is 44.8 Å². The molecule has 7 nitrogen and oxygen atoms in total. The van der Waals surface area contributed by atoms with Crippen molar-refractivity contribution in [1.29, 1.82) is 0 Å². The molecule has 0 aliphatic heterocycles. The zero-order valence-electron chi connectivity index (χ0n) is 16.8. The predicted molar refractivity (Wildman–Crippen MR) is 108 cm³/mol. The van der Waals surface area contributed by atoms with E-state index < -0.39 is 0 Å². The van der Waals surface area contributed by atoms with Crippen molar-refractivity contribution in [3.63, 3.8) is 0 Å². The fraction of sp³-hybridized carbons (Fsp3) is 0.722. The lowest BCUT2D eigenvalue weighted by Gasteiger charge is -2.23. The summed E-state index contributed by atoms with van der Waals surface area (Å²) in [6.07, 6.45) is 0.459. The van der Waals surface area contributed by atoms with Crippen LogP contribution >= 0.6 is 11.3 Å². The Bertz CT molecular complexity index is 574. The molecule has 26 heavy (non-hydrogen) atoms. The zero-order valence-corrected chi connectivity index (χ0v) is 17.7. The zero-order chi connectivity index (χ0) is 19.5. The van der Waals surface area contributed by atoms with Crippen LogP contribution in [0, 0.1) is 12.8 Å². The largest absolute Gasteiger partial charge is 0.450 e. The number of amides is 1. The SMILES string of the molecule is CCNC(=NCC(CC(C)C)NC(=O)OCC)N(C)Cc1csc(C)n1. The van der Waals surface area contributed by atoms with Crippen molar-refractivity contribution in [2.24, 2.45) is 10.9 Å². The van der Waals surface area contributed by atoms with Gasteiger partial charge in [-0.15, -0.1) is 11.3 Å². The molecule has 1 aromatic rings. The van der Waals surface area contributed by atoms with Crippen molar-refractivity contribution < 1.29 is 9.53 Å². The molecule has 0 aliphatic carbocycles. The topological polar surface area (TPSA) is 78.8 Å². The molecule has 0 saturated carbocycles. The highest BCUT2D eigenvalue weighted by atomic mass is 32.1. The number of carbonyl (C=O) groups is 1. The number of aryl methyl sites for hydroxylation is 1. The number of ether oxygens (including phenoxy) is 1. The summed E-state index contributed by atoms with van der Waals surface area (Å²) in [5, 5.41) is 9.35. The van der Waals surface area contributed by atoms with Crippen LogP contribution < -0.4 is 10.6 Å². The Labute approximate surface area is 161 Å². The maximum atomic E-state index is 11.8. The number of nitrogens with one attached hydrogen (secondary N) is 2. The van der Waals surface area contributed by atoms with Gasteiger partial charge in [0.25, 0.3) is 0 Å². The molecular weight excluding hydrogens is 350 g/mol. The van der Waals surface area contributed by atoms with E-state index >= 15 is 0 Å². The Morgan fingerprint density at radius 3 is 2.69 bits per heavy atom. The summed E-state index contributed by atoms with van der Waals surface area (Å²) in [5.41, 5.74) is 1.03. The Balaban J connectivity index is 2.76. The van der Waals surface area contributed by atoms with Crippen molar-refractivity contribution in [2.45, 2.75) is 53.6 Å². The fourth-order valence-corrected chi connectivity index (χ4v) is 3.16. The first-order chi connectivity index (χ1) is 12.3. The van der Waals surface area contributed by atoms with Gasteiger partial charge in [-0.05, 0) is 33.1 Å². The summed E-state index contributed by atoms with van der Waals surface area (Å²) in [7, 11) is 1.99. The van der Waals surface area contributed by atoms with Crippen molar-refractivity contribution >= 4 is 23.4 Å². The van der Waals surface area contributed by atoms with E-state index in [0.29, 0.717) is 25.6 Å². The highest BCUT2D eigenvalue weighted by molar-refractivity contribution is 7.09. The van der Waals surface area contributed by atoms with Gasteiger partial charge in [0.1, 0.15) is 0 Å². The normalized spacial score (nSPS) is 12.8. The summed E-state index contributed by atoms with van der Waals surface area (Å²) in [4.78, 5) is 23.0. The second kappa shape index (κ2) is 11.7. The first-order valence-electron chi connectivity index (χ1n) is 9.19. The maximum Gasteiger partial charge on any atom is 0.407 e. The second-order valence-corrected chi connectivity index (χ2v) is 7.66. The summed E-state index contributed by atoms with van der Waals surface area (Å²) < 4.78 is 5.01. The minimum absolute atomic E-state index is 0.0578. The lowest BCUT2D eigenvalue weighted by atomic mass is 10.0. The molecule has 0 spiro atoms. The van der Waals surface area contributed by atoms with Gasteiger partial charge in [0.15, 0.2) is 5.96 Å². The maximum absolute atomic E-state index is 11.8. The van der Waals surface area contributed by atoms with E-state index in [9.17, 15) is 4.79 Å². The molecule has 1 amide bonds. The quantitative estimate of drug-likeness (QED) is 0.506. The minimum atomic E-state index is -0.385. The Kier molecular flexibility index (Phi) is 10.0. The van der Waals surface area contributed by atoms with E-state index in [-0.39, 0.29) is 12.1 Å². The molecule has 1 aromatic heterocycles. The van der Waals surface area contributed by atoms with E-state index in [2.05, 4.69) is 39.7 Å². The van der Waals surface area contributed by atoms with Gasteiger partial charge >= 0.3 is 6.09 Å². The molecule has 1 atom stereocenters. The molecule has 2 N–H and O–H groups in total. The van der Waals surface area contributed by atoms with E-state index in [1.54, 1.807) is 18.3 Å². The van der Waals surface area contributed by atoms with Crippen molar-refractivity contribution in [1.82, 2.24) is 20.5 Å². The van der Waals surface area contributed by atoms with Crippen molar-refractivity contribution in [2.75, 3.05) is 26.7 Å². The first-order valence-corrected chi connectivity index (χ1v) is 10.1. The second-order valence-electron chi connectivity index (χ2n) is 6.60. The van der Waals surface area contributed by atoms with Crippen molar-refractivity contribution in [3.8, 4) is 0 Å². The molecule has 0 aromatic carbocycles. The summed E-state index contributed by atoms with van der Waals surface area (Å²) in [6.45, 7) is 12.4. The number of nitrogens with zero attached hydrogens (tertiary/aromatic N) is 3. The number of aromatic nitrogens is 1. The van der Waals surface area contributed by atoms with E-state index in [1.807, 2.05) is 20.9 Å². The van der Waals surface area contributed by atoms with Crippen LogP contribution in [0.3, 0.4) is 0 Å². The third-order valence-electron chi connectivity index (χ3n) is 3.58. The minimum Gasteiger partial charge on any atom is -0.450 e. The number of aliphatic imine (C=N–C) groups is 1. The number of alkyl carbamates (subject to hydrolysis) is 1. The third-order valence-corrected chi connectivity index (χ3v) is 4.40. The smallest absolute Gasteiger partial charge is 0.407 e. The number of carbonyl (C=O) groups excluding carboxylic acids is 1. The first kappa shape index (κ1) is 22.2. The van der Waals surface area contributed by atoms with Gasteiger partial charge < -0.3 is 20.3 Å². The lowest BCUT2D eigenvalue weighted by Crippen LogP contribution is -2.42. The number of hydrogen-bond acceptors (Lipinski definition) is 5. The van der Waals surface area contributed by atoms with Crippen LogP contribution in [0.4, 0.5) is 4.79 Å². The molecule has 0 saturated heterocycles. The van der Waals surface area contributed by atoms with Gasteiger partial charge in [-0.25, -0.2) is 9.78 Å². The van der Waals surface area contributed by atoms with Crippen LogP contribution in [0.15, 0.2) is 10.4 Å². The lowest BCUT2D eigenvalue weighted by molar-refractivity contribution is 0.147. The number of hydrogen-bond donors (Lipinski definition) is 2. The van der Waals surface area contributed by atoms with Gasteiger partial charge in [0.2, 0.25) is 0 Å². The molecule has 0 bridgehead atoms. The van der Waals surface area contributed by atoms with Gasteiger partial charge in [0, 0.05) is 19.0 Å². The van der Waals surface area contributed by atoms with Crippen LogP contribution in [0.5, 0.6) is 0 Å². The van der Waals surface area contributed by atoms with E-state index in [0.717, 1.165) is 29.6 Å². The molecule has 0 aliphatic rings. The molecule has 148 valence electrons. The van der Waals surface area contributed by atoms with Crippen LogP contribution in [-0.2, 0) is 11.3 Å². The molecule has 8 heteroatoms. The summed E-state index contributed by atoms with van der Waals surface area (Å²) in [5.74, 6) is 1.26. The molecule has 1 rings (SSSR count). The van der Waals surface area contributed by atoms with Crippen molar-refractivity contribution in [3.05, 3.63) is 16.1 Å². The Morgan fingerprint density at radius 2 is 2.15 bits per heavy atom. The molecule has 0 fully saturated rings. The molecule has 1 unspecified atom stereocenters. The molecule has 0 radical (unpaired) electrons. The molecule has 1 heterocycles. The average Bonchev–Trinajstić information content (AvgIpc) is 2.95. The Hall–Kier alpha value is -1.83. The van der Waals surface area contributed by atoms with Gasteiger partial charge in [0.05, 0.1) is 36.4 Å². The average molecular weight is 384 g/mol. The highest BCUT2D eigenvalue weighted by Crippen LogP contribution is 2.10. The fourth-order valence-electron chi connectivity index (χ4n) is 2.55. The number of guanidine groups is 1.